The van der Waals surface area contributed by atoms with E-state index in [4.69, 9.17) is 11.5 Å². The van der Waals surface area contributed by atoms with Gasteiger partial charge in [-0.1, -0.05) is 0 Å². The number of hydrogen-bond acceptors (Lipinski definition) is 2. The molecule has 0 saturated carbocycles. The van der Waals surface area contributed by atoms with Crippen molar-refractivity contribution in [1.82, 2.24) is 0 Å². The molecule has 0 aromatic heterocycles. The summed E-state index contributed by atoms with van der Waals surface area (Å²) in [7, 11) is 0. The van der Waals surface area contributed by atoms with E-state index in [2.05, 4.69) is 0 Å². The predicted molar refractivity (Wildman–Crippen MR) is 42.8 cm³/mol. The molecule has 2 nitrogen and oxygen atoms in total. The van der Waals surface area contributed by atoms with Crippen LogP contribution >= 0.6 is 24.0 Å². The number of halogens is 1. The maximum atomic E-state index is 5.16. The van der Waals surface area contributed by atoms with Gasteiger partial charge in [0, 0.05) is 0 Å². The van der Waals surface area contributed by atoms with Gasteiger partial charge in [0.15, 0.2) is 0 Å². The molecule has 7 heavy (non-hydrogen) atoms. The molecule has 0 unspecified atom stereocenters. The second-order valence-electron chi connectivity index (χ2n) is 1.28. The first-order valence-corrected chi connectivity index (χ1v) is 2.32. The van der Waals surface area contributed by atoms with Gasteiger partial charge in [0.05, 0.1) is 0 Å². The van der Waals surface area contributed by atoms with Gasteiger partial charge in [-0.2, -0.15) is 0 Å². The van der Waals surface area contributed by atoms with E-state index in [0.29, 0.717) is 0 Å². The first kappa shape index (κ1) is 10.6. The Morgan fingerprint density at radius 1 is 0.857 bits per heavy atom. The lowest BCUT2D eigenvalue weighted by Gasteiger charge is -1.87. The molecule has 0 saturated heterocycles. The predicted octanol–water partition coefficient (Wildman–Crippen LogP) is 0.302. The summed E-state index contributed by atoms with van der Waals surface area (Å²) < 4.78 is 0. The number of unbranched alkanes of at least 4 members (excludes halogenated alkanes) is 1. The van der Waals surface area contributed by atoms with Crippen LogP contribution in [0.25, 0.3) is 0 Å². The summed E-state index contributed by atoms with van der Waals surface area (Å²) in [5.41, 5.74) is 10.3. The summed E-state index contributed by atoms with van der Waals surface area (Å²) in [6, 6.07) is 0. The fourth-order valence-corrected chi connectivity index (χ4v) is 0.289. The third-order valence-corrected chi connectivity index (χ3v) is 0.658. The van der Waals surface area contributed by atoms with Gasteiger partial charge in [-0.15, -0.1) is 24.0 Å². The molecule has 0 aromatic carbocycles. The molecule has 0 heterocycles. The molecular weight excluding hydrogens is 203 g/mol. The Balaban J connectivity index is 0. The minimum absolute atomic E-state index is 0. The van der Waals surface area contributed by atoms with Crippen molar-refractivity contribution in [2.45, 2.75) is 12.8 Å². The largest absolute Gasteiger partial charge is 0.330 e. The molecule has 0 radical (unpaired) electrons. The van der Waals surface area contributed by atoms with Gasteiger partial charge in [0.25, 0.3) is 0 Å². The van der Waals surface area contributed by atoms with Crippen LogP contribution in [0.1, 0.15) is 12.8 Å². The molecule has 0 bridgehead atoms. The summed E-state index contributed by atoms with van der Waals surface area (Å²) in [4.78, 5) is 0. The van der Waals surface area contributed by atoms with Crippen LogP contribution in [0.4, 0.5) is 0 Å². The van der Waals surface area contributed by atoms with Crippen LogP contribution in [0.5, 0.6) is 0 Å². The number of rotatable bonds is 3. The first-order chi connectivity index (χ1) is 2.91. The molecule has 0 rings (SSSR count). The highest BCUT2D eigenvalue weighted by molar-refractivity contribution is 14.0. The van der Waals surface area contributed by atoms with Gasteiger partial charge >= 0.3 is 0 Å². The van der Waals surface area contributed by atoms with E-state index in [1.807, 2.05) is 0 Å². The minimum atomic E-state index is 0. The Kier molecular flexibility index (Phi) is 14.9. The van der Waals surface area contributed by atoms with Crippen LogP contribution in [0.2, 0.25) is 0 Å². The monoisotopic (exact) mass is 216 g/mol. The van der Waals surface area contributed by atoms with Gasteiger partial charge in [0.1, 0.15) is 0 Å². The van der Waals surface area contributed by atoms with E-state index in [-0.39, 0.29) is 24.0 Å². The second-order valence-corrected chi connectivity index (χ2v) is 1.28. The summed E-state index contributed by atoms with van der Waals surface area (Å²) in [6.45, 7) is 1.55. The van der Waals surface area contributed by atoms with Crippen molar-refractivity contribution in [3.05, 3.63) is 0 Å². The van der Waals surface area contributed by atoms with Gasteiger partial charge in [-0.25, -0.2) is 0 Å². The van der Waals surface area contributed by atoms with Gasteiger partial charge < -0.3 is 11.5 Å². The normalized spacial score (nSPS) is 7.71. The molecule has 4 N–H and O–H groups in total. The molecule has 0 aliphatic heterocycles. The maximum Gasteiger partial charge on any atom is -0.00768 e. The van der Waals surface area contributed by atoms with Crippen molar-refractivity contribution >= 4 is 24.0 Å². The summed E-state index contributed by atoms with van der Waals surface area (Å²) in [5, 5.41) is 0. The van der Waals surface area contributed by atoms with Crippen LogP contribution in [-0.4, -0.2) is 13.1 Å². The molecule has 0 aliphatic rings. The molecule has 46 valence electrons. The lowest BCUT2D eigenvalue weighted by Crippen LogP contribution is -2.03. The maximum absolute atomic E-state index is 5.16. The Morgan fingerprint density at radius 3 is 1.29 bits per heavy atom. The van der Waals surface area contributed by atoms with Crippen molar-refractivity contribution in [2.75, 3.05) is 13.1 Å². The third kappa shape index (κ3) is 10.8. The van der Waals surface area contributed by atoms with Crippen molar-refractivity contribution in [3.63, 3.8) is 0 Å². The average molecular weight is 216 g/mol. The molecule has 0 atom stereocenters. The van der Waals surface area contributed by atoms with E-state index >= 15 is 0 Å². The molecule has 0 aliphatic carbocycles. The molecule has 0 amide bonds. The molecule has 0 spiro atoms. The smallest absolute Gasteiger partial charge is 0.00768 e. The van der Waals surface area contributed by atoms with Gasteiger partial charge in [-0.3, -0.25) is 0 Å². The zero-order valence-corrected chi connectivity index (χ0v) is 6.72. The van der Waals surface area contributed by atoms with Gasteiger partial charge in [0.2, 0.25) is 0 Å². The van der Waals surface area contributed by atoms with Crippen molar-refractivity contribution in [2.24, 2.45) is 11.5 Å². The zero-order valence-electron chi connectivity index (χ0n) is 4.39. The fourth-order valence-electron chi connectivity index (χ4n) is 0.289. The fraction of sp³-hybridized carbons (Fsp3) is 1.00. The summed E-state index contributed by atoms with van der Waals surface area (Å²) in [5.74, 6) is 0. The van der Waals surface area contributed by atoms with Crippen molar-refractivity contribution < 1.29 is 0 Å². The minimum Gasteiger partial charge on any atom is -0.330 e. The lowest BCUT2D eigenvalue weighted by molar-refractivity contribution is 0.755. The standard InChI is InChI=1S/C4H12N2.HI/c5-3-1-2-4-6;/h1-6H2;1H. The van der Waals surface area contributed by atoms with Crippen LogP contribution < -0.4 is 11.5 Å². The van der Waals surface area contributed by atoms with Gasteiger partial charge in [-0.05, 0) is 25.9 Å². The van der Waals surface area contributed by atoms with E-state index < -0.39 is 0 Å². The van der Waals surface area contributed by atoms with Crippen LogP contribution in [0, 0.1) is 0 Å². The Morgan fingerprint density at radius 2 is 1.14 bits per heavy atom. The van der Waals surface area contributed by atoms with E-state index in [9.17, 15) is 0 Å². The third-order valence-electron chi connectivity index (χ3n) is 0.658. The van der Waals surface area contributed by atoms with E-state index in [1.165, 1.54) is 0 Å². The summed E-state index contributed by atoms with van der Waals surface area (Å²) >= 11 is 0. The zero-order chi connectivity index (χ0) is 4.83. The SMILES string of the molecule is I.NCCCCN. The molecule has 0 fully saturated rings. The van der Waals surface area contributed by atoms with Crippen molar-refractivity contribution in [3.8, 4) is 0 Å². The van der Waals surface area contributed by atoms with Crippen LogP contribution in [0.3, 0.4) is 0 Å². The highest BCUT2D eigenvalue weighted by Crippen LogP contribution is 1.77. The highest BCUT2D eigenvalue weighted by atomic mass is 127. The number of nitrogens with two attached hydrogens (primary N) is 2. The highest BCUT2D eigenvalue weighted by Gasteiger charge is 1.75. The average Bonchev–Trinajstić information content (AvgIpc) is 1.61. The summed E-state index contributed by atoms with van der Waals surface area (Å²) in [6.07, 6.45) is 2.13. The number of hydrogen-bond donors (Lipinski definition) is 2. The molecular formula is C4H13IN2. The Hall–Kier alpha value is 0.650. The van der Waals surface area contributed by atoms with Crippen LogP contribution in [0.15, 0.2) is 0 Å². The van der Waals surface area contributed by atoms with E-state index in [0.717, 1.165) is 25.9 Å². The van der Waals surface area contributed by atoms with Crippen molar-refractivity contribution in [1.29, 1.82) is 0 Å². The Bertz CT molecular complexity index is 21.7. The quantitative estimate of drug-likeness (QED) is 0.526. The first-order valence-electron chi connectivity index (χ1n) is 2.32. The van der Waals surface area contributed by atoms with E-state index in [1.54, 1.807) is 0 Å². The molecule has 3 heteroatoms. The topological polar surface area (TPSA) is 52.0 Å². The Labute approximate surface area is 61.7 Å². The van der Waals surface area contributed by atoms with Crippen LogP contribution in [-0.2, 0) is 0 Å². The lowest BCUT2D eigenvalue weighted by atomic mass is 10.3. The molecule has 0 aromatic rings. The second kappa shape index (κ2) is 9.82.